The van der Waals surface area contributed by atoms with Gasteiger partial charge in [0.1, 0.15) is 11.0 Å². The Labute approximate surface area is 90.6 Å². The topological polar surface area (TPSA) is 81.9 Å². The van der Waals surface area contributed by atoms with Gasteiger partial charge in [-0.05, 0) is 11.6 Å². The molecule has 0 aromatic carbocycles. The zero-order valence-corrected chi connectivity index (χ0v) is 8.60. The Morgan fingerprint density at radius 1 is 1.43 bits per heavy atom. The third kappa shape index (κ3) is 2.54. The smallest absolute Gasteiger partial charge is 0.225 e. The monoisotopic (exact) mass is 234 g/mol. The van der Waals surface area contributed by atoms with Gasteiger partial charge in [-0.2, -0.15) is 0 Å². The maximum atomic E-state index is 8.60. The number of anilines is 1. The van der Waals surface area contributed by atoms with Crippen molar-refractivity contribution in [3.63, 3.8) is 0 Å². The summed E-state index contributed by atoms with van der Waals surface area (Å²) in [6.07, 6.45) is 1.03. The Balaban J connectivity index is 3.05. The number of aromatic nitrogens is 2. The molecule has 0 spiro atoms. The number of nitrogens with one attached hydrogen (secondary N) is 2. The van der Waals surface area contributed by atoms with Crippen LogP contribution in [0.4, 0.5) is 5.82 Å². The molecule has 0 saturated carbocycles. The third-order valence-corrected chi connectivity index (χ3v) is 1.88. The average Bonchev–Trinajstić information content (AvgIpc) is 2.14. The van der Waals surface area contributed by atoms with E-state index in [1.165, 1.54) is 0 Å². The first-order valence-corrected chi connectivity index (χ1v) is 4.53. The van der Waals surface area contributed by atoms with Gasteiger partial charge in [0.05, 0.1) is 12.2 Å². The van der Waals surface area contributed by atoms with Crippen LogP contribution in [0.3, 0.4) is 0 Å². The van der Waals surface area contributed by atoms with Gasteiger partial charge in [-0.15, -0.1) is 0 Å². The fourth-order valence-corrected chi connectivity index (χ4v) is 1.29. The summed E-state index contributed by atoms with van der Waals surface area (Å²) in [7, 11) is 0. The molecule has 0 saturated heterocycles. The van der Waals surface area contributed by atoms with Gasteiger partial charge >= 0.3 is 0 Å². The third-order valence-electron chi connectivity index (χ3n) is 1.42. The van der Waals surface area contributed by atoms with Crippen LogP contribution in [-0.4, -0.2) is 34.4 Å². The number of hydrogen-bond acceptors (Lipinski definition) is 5. The van der Waals surface area contributed by atoms with Crippen LogP contribution < -0.4 is 5.32 Å². The van der Waals surface area contributed by atoms with Crippen LogP contribution in [0.1, 0.15) is 5.56 Å². The van der Waals surface area contributed by atoms with Crippen LogP contribution in [0.15, 0.2) is 0 Å². The van der Waals surface area contributed by atoms with Crippen molar-refractivity contribution >= 4 is 35.2 Å². The maximum absolute atomic E-state index is 8.60. The van der Waals surface area contributed by atoms with Crippen molar-refractivity contribution in [1.82, 2.24) is 9.97 Å². The lowest BCUT2D eigenvalue weighted by molar-refractivity contribution is 0.311. The van der Waals surface area contributed by atoms with Crippen molar-refractivity contribution < 1.29 is 5.11 Å². The molecule has 3 N–H and O–H groups in total. The summed E-state index contributed by atoms with van der Waals surface area (Å²) >= 11 is 11.3. The molecule has 1 rings (SSSR count). The molecule has 5 nitrogen and oxygen atoms in total. The lowest BCUT2D eigenvalue weighted by Crippen LogP contribution is -2.10. The van der Waals surface area contributed by atoms with Crippen LogP contribution in [0.5, 0.6) is 0 Å². The van der Waals surface area contributed by atoms with Crippen LogP contribution in [0.2, 0.25) is 10.4 Å². The fourth-order valence-electron chi connectivity index (χ4n) is 0.853. The van der Waals surface area contributed by atoms with E-state index < -0.39 is 0 Å². The molecule has 1 heterocycles. The van der Waals surface area contributed by atoms with E-state index in [-0.39, 0.29) is 17.0 Å². The molecule has 0 aliphatic carbocycles. The quantitative estimate of drug-likeness (QED) is 0.416. The Kier molecular flexibility index (Phi) is 4.06. The van der Waals surface area contributed by atoms with E-state index in [1.807, 2.05) is 0 Å². The van der Waals surface area contributed by atoms with E-state index in [0.29, 0.717) is 17.9 Å². The van der Waals surface area contributed by atoms with Gasteiger partial charge in [-0.25, -0.2) is 9.97 Å². The number of halogens is 2. The average molecular weight is 235 g/mol. The number of rotatable bonds is 4. The SMILES string of the molecule is N=Cc1c(Cl)nc(Cl)nc1NCCO. The van der Waals surface area contributed by atoms with Gasteiger partial charge in [0.15, 0.2) is 0 Å². The molecule has 0 aliphatic heterocycles. The number of hydrogen-bond donors (Lipinski definition) is 3. The second-order valence-electron chi connectivity index (χ2n) is 2.34. The summed E-state index contributed by atoms with van der Waals surface area (Å²) in [5.41, 5.74) is 0.351. The first-order chi connectivity index (χ1) is 6.69. The highest BCUT2D eigenvalue weighted by Crippen LogP contribution is 2.20. The fraction of sp³-hybridized carbons (Fsp3) is 0.286. The van der Waals surface area contributed by atoms with Gasteiger partial charge in [-0.1, -0.05) is 11.6 Å². The highest BCUT2D eigenvalue weighted by molar-refractivity contribution is 6.34. The molecule has 1 aromatic heterocycles. The lowest BCUT2D eigenvalue weighted by atomic mass is 10.3. The summed E-state index contributed by atoms with van der Waals surface area (Å²) in [5, 5.41) is 18.6. The number of aliphatic hydroxyl groups is 1. The predicted octanol–water partition coefficient (Wildman–Crippen LogP) is 1.19. The van der Waals surface area contributed by atoms with Crippen LogP contribution >= 0.6 is 23.2 Å². The number of aliphatic hydroxyl groups excluding tert-OH is 1. The number of nitrogens with zero attached hydrogens (tertiary/aromatic N) is 2. The normalized spacial score (nSPS) is 9.93. The molecular weight excluding hydrogens is 227 g/mol. The molecule has 1 aromatic rings. The summed E-state index contributed by atoms with van der Waals surface area (Å²) in [5.74, 6) is 0.346. The van der Waals surface area contributed by atoms with Crippen LogP contribution in [-0.2, 0) is 0 Å². The van der Waals surface area contributed by atoms with E-state index in [1.54, 1.807) is 0 Å². The summed E-state index contributed by atoms with van der Waals surface area (Å²) in [6.45, 7) is 0.265. The molecule has 0 atom stereocenters. The van der Waals surface area contributed by atoms with Gasteiger partial charge in [0.25, 0.3) is 0 Å². The highest BCUT2D eigenvalue weighted by Gasteiger charge is 2.09. The minimum atomic E-state index is -0.0450. The molecule has 0 aliphatic rings. The molecule has 0 radical (unpaired) electrons. The van der Waals surface area contributed by atoms with E-state index >= 15 is 0 Å². The lowest BCUT2D eigenvalue weighted by Gasteiger charge is -2.07. The molecule has 14 heavy (non-hydrogen) atoms. The van der Waals surface area contributed by atoms with Crippen molar-refractivity contribution in [3.05, 3.63) is 16.0 Å². The van der Waals surface area contributed by atoms with Crippen molar-refractivity contribution in [1.29, 1.82) is 5.41 Å². The van der Waals surface area contributed by atoms with Crippen LogP contribution in [0, 0.1) is 5.41 Å². The zero-order chi connectivity index (χ0) is 10.6. The van der Waals surface area contributed by atoms with Crippen molar-refractivity contribution in [2.75, 3.05) is 18.5 Å². The maximum Gasteiger partial charge on any atom is 0.225 e. The Bertz CT molecular complexity index is 345. The molecule has 0 fully saturated rings. The first-order valence-electron chi connectivity index (χ1n) is 3.77. The van der Waals surface area contributed by atoms with Gasteiger partial charge in [0, 0.05) is 12.8 Å². The minimum absolute atomic E-state index is 0.000963. The Morgan fingerprint density at radius 2 is 2.14 bits per heavy atom. The van der Waals surface area contributed by atoms with Crippen molar-refractivity contribution in [2.24, 2.45) is 0 Å². The Morgan fingerprint density at radius 3 is 2.71 bits per heavy atom. The molecule has 7 heteroatoms. The minimum Gasteiger partial charge on any atom is -0.395 e. The molecule has 0 unspecified atom stereocenters. The first kappa shape index (κ1) is 11.2. The standard InChI is InChI=1S/C7H8Cl2N4O/c8-5-4(3-10)6(11-1-2-14)13-7(9)12-5/h3,10,14H,1-2H2,(H,11,12,13). The van der Waals surface area contributed by atoms with Crippen molar-refractivity contribution in [2.45, 2.75) is 0 Å². The van der Waals surface area contributed by atoms with Gasteiger partial charge in [0.2, 0.25) is 5.28 Å². The Hall–Kier alpha value is -0.910. The molecule has 0 bridgehead atoms. The van der Waals surface area contributed by atoms with Crippen LogP contribution in [0.25, 0.3) is 0 Å². The largest absolute Gasteiger partial charge is 0.395 e. The van der Waals surface area contributed by atoms with Crippen molar-refractivity contribution in [3.8, 4) is 0 Å². The van der Waals surface area contributed by atoms with E-state index in [0.717, 1.165) is 6.21 Å². The van der Waals surface area contributed by atoms with E-state index in [2.05, 4.69) is 15.3 Å². The molecule has 76 valence electrons. The van der Waals surface area contributed by atoms with Gasteiger partial charge < -0.3 is 15.8 Å². The van der Waals surface area contributed by atoms with Gasteiger partial charge in [-0.3, -0.25) is 0 Å². The second-order valence-corrected chi connectivity index (χ2v) is 3.04. The second kappa shape index (κ2) is 5.09. The van der Waals surface area contributed by atoms with E-state index in [4.69, 9.17) is 33.7 Å². The molecule has 0 amide bonds. The molecular formula is C7H8Cl2N4O. The predicted molar refractivity (Wildman–Crippen MR) is 55.5 cm³/mol. The zero-order valence-electron chi connectivity index (χ0n) is 7.09. The highest BCUT2D eigenvalue weighted by atomic mass is 35.5. The summed E-state index contributed by atoms with van der Waals surface area (Å²) in [6, 6.07) is 0. The van der Waals surface area contributed by atoms with E-state index in [9.17, 15) is 0 Å². The summed E-state index contributed by atoms with van der Waals surface area (Å²) < 4.78 is 0. The summed E-state index contributed by atoms with van der Waals surface area (Å²) in [4.78, 5) is 7.52.